The smallest absolute Gasteiger partial charge is 0.258 e. The van der Waals surface area contributed by atoms with Crippen LogP contribution in [0.4, 0.5) is 5.69 Å². The molecule has 1 aromatic carbocycles. The molecule has 1 heterocycles. The molecule has 0 spiro atoms. The van der Waals surface area contributed by atoms with Gasteiger partial charge in [0.2, 0.25) is 0 Å². The van der Waals surface area contributed by atoms with E-state index in [9.17, 15) is 10.1 Å². The third kappa shape index (κ3) is 1.51. The first kappa shape index (κ1) is 10.2. The number of nitro groups is 1. The van der Waals surface area contributed by atoms with Gasteiger partial charge >= 0.3 is 0 Å². The number of fused-ring (bicyclic) bond motifs is 1. The third-order valence-corrected chi connectivity index (χ3v) is 4.69. The Hall–Kier alpha value is -0.340. The lowest BCUT2D eigenvalue weighted by atomic mass is 10.2. The summed E-state index contributed by atoms with van der Waals surface area (Å²) in [5, 5.41) is 13.0. The van der Waals surface area contributed by atoms with Gasteiger partial charge in [-0.25, -0.2) is 0 Å². The first-order chi connectivity index (χ1) is 6.61. The Morgan fingerprint density at radius 2 is 2.21 bits per heavy atom. The van der Waals surface area contributed by atoms with Crippen LogP contribution in [0.2, 0.25) is 0 Å². The molecule has 0 atom stereocenters. The molecule has 0 aliphatic heterocycles. The molecule has 0 bridgehead atoms. The number of thiol groups is 1. The molecule has 0 unspecified atom stereocenters. The zero-order valence-electron chi connectivity index (χ0n) is 6.73. The second kappa shape index (κ2) is 3.67. The molecule has 72 valence electrons. The van der Waals surface area contributed by atoms with Crippen LogP contribution in [0.1, 0.15) is 0 Å². The highest BCUT2D eigenvalue weighted by atomic mass is 127. The molecule has 6 heteroatoms. The summed E-state index contributed by atoms with van der Waals surface area (Å²) in [6, 6.07) is 3.71. The number of thiophene rings is 1. The van der Waals surface area contributed by atoms with Gasteiger partial charge in [-0.05, 0) is 34.7 Å². The minimum atomic E-state index is -0.353. The number of nitrogens with zero attached hydrogens (tertiary/aromatic N) is 1. The number of hydrogen-bond acceptors (Lipinski definition) is 4. The van der Waals surface area contributed by atoms with E-state index >= 15 is 0 Å². The normalized spacial score (nSPS) is 10.7. The van der Waals surface area contributed by atoms with E-state index in [0.29, 0.717) is 5.39 Å². The quantitative estimate of drug-likeness (QED) is 0.373. The first-order valence-electron chi connectivity index (χ1n) is 3.64. The van der Waals surface area contributed by atoms with Crippen molar-refractivity contribution in [2.24, 2.45) is 0 Å². The lowest BCUT2D eigenvalue weighted by molar-refractivity contribution is -0.382. The first-order valence-corrected chi connectivity index (χ1v) is 6.05. The highest BCUT2D eigenvalue weighted by Crippen LogP contribution is 2.37. The molecule has 0 aliphatic rings. The van der Waals surface area contributed by atoms with Crippen molar-refractivity contribution in [1.29, 1.82) is 0 Å². The summed E-state index contributed by atoms with van der Waals surface area (Å²) in [5.74, 6) is 0. The number of hydrogen-bond donors (Lipinski definition) is 1. The molecule has 0 saturated carbocycles. The van der Waals surface area contributed by atoms with E-state index in [0.717, 1.165) is 13.2 Å². The topological polar surface area (TPSA) is 43.1 Å². The van der Waals surface area contributed by atoms with Gasteiger partial charge in [0.1, 0.15) is 0 Å². The lowest BCUT2D eigenvalue weighted by Gasteiger charge is -1.97. The third-order valence-electron chi connectivity index (χ3n) is 1.83. The van der Waals surface area contributed by atoms with Crippen molar-refractivity contribution >= 4 is 62.3 Å². The van der Waals surface area contributed by atoms with Gasteiger partial charge in [0, 0.05) is 13.2 Å². The summed E-state index contributed by atoms with van der Waals surface area (Å²) in [4.78, 5) is 11.1. The van der Waals surface area contributed by atoms with Gasteiger partial charge in [0.25, 0.3) is 5.69 Å². The van der Waals surface area contributed by atoms with Gasteiger partial charge in [0.05, 0.1) is 15.7 Å². The highest BCUT2D eigenvalue weighted by molar-refractivity contribution is 14.1. The lowest BCUT2D eigenvalue weighted by Crippen LogP contribution is -1.87. The monoisotopic (exact) mass is 337 g/mol. The van der Waals surface area contributed by atoms with Crippen LogP contribution < -0.4 is 0 Å². The van der Waals surface area contributed by atoms with Crippen molar-refractivity contribution in [1.82, 2.24) is 0 Å². The van der Waals surface area contributed by atoms with Gasteiger partial charge in [-0.1, -0.05) is 0 Å². The van der Waals surface area contributed by atoms with Gasteiger partial charge in [-0.2, -0.15) is 0 Å². The van der Waals surface area contributed by atoms with Crippen LogP contribution in [-0.2, 0) is 0 Å². The second-order valence-corrected chi connectivity index (χ2v) is 5.12. The van der Waals surface area contributed by atoms with E-state index in [1.165, 1.54) is 11.3 Å². The molecule has 0 N–H and O–H groups in total. The molecule has 0 fully saturated rings. The van der Waals surface area contributed by atoms with Crippen molar-refractivity contribution in [3.63, 3.8) is 0 Å². The maximum absolute atomic E-state index is 10.7. The maximum atomic E-state index is 10.7. The molecular formula is C8H4INO2S2. The Kier molecular flexibility index (Phi) is 2.67. The van der Waals surface area contributed by atoms with Crippen LogP contribution in [0.25, 0.3) is 10.1 Å². The highest BCUT2D eigenvalue weighted by Gasteiger charge is 2.17. The van der Waals surface area contributed by atoms with Crippen LogP contribution in [0, 0.1) is 13.7 Å². The SMILES string of the molecule is O=[N+]([O-])c1csc2ccc(S)c(I)c12. The summed E-state index contributed by atoms with van der Waals surface area (Å²) in [5.41, 5.74) is 0.172. The minimum absolute atomic E-state index is 0.172. The molecule has 0 aliphatic carbocycles. The Morgan fingerprint density at radius 1 is 1.50 bits per heavy atom. The Morgan fingerprint density at radius 3 is 2.86 bits per heavy atom. The van der Waals surface area contributed by atoms with E-state index in [2.05, 4.69) is 35.2 Å². The van der Waals surface area contributed by atoms with Crippen molar-refractivity contribution in [2.45, 2.75) is 4.90 Å². The van der Waals surface area contributed by atoms with Crippen molar-refractivity contribution < 1.29 is 4.92 Å². The van der Waals surface area contributed by atoms with Crippen molar-refractivity contribution in [3.05, 3.63) is 31.2 Å². The van der Waals surface area contributed by atoms with E-state index in [1.807, 2.05) is 12.1 Å². The van der Waals surface area contributed by atoms with Gasteiger partial charge in [-0.3, -0.25) is 10.1 Å². The average Bonchev–Trinajstić information content (AvgIpc) is 2.55. The van der Waals surface area contributed by atoms with E-state index in [-0.39, 0.29) is 10.6 Å². The standard InChI is InChI=1S/C8H4INO2S2/c9-8-5(13)1-2-6-7(8)4(3-14-6)10(11)12/h1-3,13H. The molecule has 0 saturated heterocycles. The summed E-state index contributed by atoms with van der Waals surface area (Å²) < 4.78 is 1.77. The van der Waals surface area contributed by atoms with Crippen molar-refractivity contribution in [3.8, 4) is 0 Å². The molecule has 2 aromatic rings. The Labute approximate surface area is 103 Å². The van der Waals surface area contributed by atoms with Crippen LogP contribution in [0.15, 0.2) is 22.4 Å². The molecule has 14 heavy (non-hydrogen) atoms. The zero-order chi connectivity index (χ0) is 10.3. The minimum Gasteiger partial charge on any atom is -0.258 e. The van der Waals surface area contributed by atoms with Crippen LogP contribution in [-0.4, -0.2) is 4.92 Å². The molecule has 1 aromatic heterocycles. The predicted molar refractivity (Wildman–Crippen MR) is 68.4 cm³/mol. The fourth-order valence-electron chi connectivity index (χ4n) is 1.20. The van der Waals surface area contributed by atoms with E-state index in [1.54, 1.807) is 5.38 Å². The summed E-state index contributed by atoms with van der Waals surface area (Å²) in [6.07, 6.45) is 0. The molecular weight excluding hydrogens is 333 g/mol. The van der Waals surface area contributed by atoms with Gasteiger partial charge in [0.15, 0.2) is 0 Å². The van der Waals surface area contributed by atoms with Crippen LogP contribution >= 0.6 is 46.6 Å². The fraction of sp³-hybridized carbons (Fsp3) is 0. The maximum Gasteiger partial charge on any atom is 0.288 e. The van der Waals surface area contributed by atoms with E-state index in [4.69, 9.17) is 0 Å². The number of rotatable bonds is 1. The Bertz CT molecular complexity index is 523. The van der Waals surface area contributed by atoms with Crippen LogP contribution in [0.3, 0.4) is 0 Å². The van der Waals surface area contributed by atoms with Crippen molar-refractivity contribution in [2.75, 3.05) is 0 Å². The molecule has 0 amide bonds. The number of benzene rings is 1. The largest absolute Gasteiger partial charge is 0.288 e. The van der Waals surface area contributed by atoms with Gasteiger partial charge in [-0.15, -0.1) is 24.0 Å². The Balaban J connectivity index is 2.89. The summed E-state index contributed by atoms with van der Waals surface area (Å²) in [6.45, 7) is 0. The van der Waals surface area contributed by atoms with E-state index < -0.39 is 0 Å². The molecule has 3 nitrogen and oxygen atoms in total. The zero-order valence-corrected chi connectivity index (χ0v) is 10.6. The van der Waals surface area contributed by atoms with Gasteiger partial charge < -0.3 is 0 Å². The second-order valence-electron chi connectivity index (χ2n) is 2.65. The molecule has 0 radical (unpaired) electrons. The summed E-state index contributed by atoms with van der Waals surface area (Å²) >= 11 is 7.71. The predicted octanol–water partition coefficient (Wildman–Crippen LogP) is 3.70. The fourth-order valence-corrected chi connectivity index (χ4v) is 3.23. The number of halogens is 1. The summed E-state index contributed by atoms with van der Waals surface area (Å²) in [7, 11) is 0. The van der Waals surface area contributed by atoms with Crippen LogP contribution in [0.5, 0.6) is 0 Å². The molecule has 2 rings (SSSR count). The average molecular weight is 337 g/mol.